The van der Waals surface area contributed by atoms with Gasteiger partial charge in [-0.05, 0) is 31.2 Å². The zero-order valence-corrected chi connectivity index (χ0v) is 17.0. The third-order valence-electron chi connectivity index (χ3n) is 4.67. The molecule has 1 aliphatic heterocycles. The second-order valence-electron chi connectivity index (χ2n) is 6.90. The van der Waals surface area contributed by atoms with Gasteiger partial charge in [-0.1, -0.05) is 23.5 Å². The fraction of sp³-hybridized carbons (Fsp3) is 0.190. The maximum Gasteiger partial charge on any atom is 0.267 e. The second kappa shape index (κ2) is 7.68. The molecule has 0 saturated carbocycles. The molecule has 1 N–H and O–H groups in total. The highest BCUT2D eigenvalue weighted by Crippen LogP contribution is 2.31. The van der Waals surface area contributed by atoms with Crippen molar-refractivity contribution in [3.05, 3.63) is 71.8 Å². The summed E-state index contributed by atoms with van der Waals surface area (Å²) in [6, 6.07) is 11.4. The molecule has 9 heteroatoms. The van der Waals surface area contributed by atoms with Crippen molar-refractivity contribution < 1.29 is 14.3 Å². The number of ether oxygens (including phenoxy) is 2. The van der Waals surface area contributed by atoms with Crippen LogP contribution in [0, 0.1) is 6.92 Å². The maximum absolute atomic E-state index is 12.7. The number of nitrogens with one attached hydrogen (secondary N) is 1. The van der Waals surface area contributed by atoms with Crippen LogP contribution in [0.4, 0.5) is 5.69 Å². The molecule has 152 valence electrons. The van der Waals surface area contributed by atoms with Gasteiger partial charge in [0.1, 0.15) is 11.5 Å². The van der Waals surface area contributed by atoms with Crippen LogP contribution >= 0.6 is 11.3 Å². The fourth-order valence-corrected chi connectivity index (χ4v) is 4.17. The van der Waals surface area contributed by atoms with Crippen LogP contribution in [0.2, 0.25) is 0 Å². The average Bonchev–Trinajstić information content (AvgIpc) is 3.49. The van der Waals surface area contributed by atoms with Crippen molar-refractivity contribution in [3.63, 3.8) is 0 Å². The number of carbonyl (C=O) groups is 1. The van der Waals surface area contributed by atoms with E-state index in [1.165, 1.54) is 11.3 Å². The van der Waals surface area contributed by atoms with Gasteiger partial charge in [-0.2, -0.15) is 5.10 Å². The predicted molar refractivity (Wildman–Crippen MR) is 113 cm³/mol. The van der Waals surface area contributed by atoms with E-state index in [1.54, 1.807) is 17.1 Å². The number of rotatable bonds is 5. The lowest BCUT2D eigenvalue weighted by molar-refractivity contribution is 0.0759. The monoisotopic (exact) mass is 421 g/mol. The van der Waals surface area contributed by atoms with Crippen LogP contribution in [0.15, 0.2) is 61.2 Å². The lowest BCUT2D eigenvalue weighted by atomic mass is 10.2. The number of benzene rings is 1. The average molecular weight is 421 g/mol. The van der Waals surface area contributed by atoms with Gasteiger partial charge >= 0.3 is 0 Å². The van der Waals surface area contributed by atoms with Crippen molar-refractivity contribution in [3.8, 4) is 16.6 Å². The summed E-state index contributed by atoms with van der Waals surface area (Å²) in [6.07, 6.45) is 7.05. The Labute approximate surface area is 176 Å². The molecule has 30 heavy (non-hydrogen) atoms. The second-order valence-corrected chi connectivity index (χ2v) is 7.88. The SMILES string of the molecule is Cc1nc(-n2cccc2)sc1C(=O)Nc1cnn(C[C@@H]2COc3ccccc3O2)c1. The summed E-state index contributed by atoms with van der Waals surface area (Å²) in [6.45, 7) is 2.79. The van der Waals surface area contributed by atoms with E-state index in [2.05, 4.69) is 15.4 Å². The van der Waals surface area contributed by atoms with Crippen LogP contribution in [0.25, 0.3) is 5.13 Å². The lowest BCUT2D eigenvalue weighted by Gasteiger charge is -2.26. The van der Waals surface area contributed by atoms with E-state index in [9.17, 15) is 4.79 Å². The summed E-state index contributed by atoms with van der Waals surface area (Å²) >= 11 is 1.35. The van der Waals surface area contributed by atoms with Crippen LogP contribution in [-0.4, -0.2) is 37.9 Å². The molecule has 0 spiro atoms. The first-order valence-corrected chi connectivity index (χ1v) is 10.3. The minimum absolute atomic E-state index is 0.156. The normalized spacial score (nSPS) is 15.2. The Hall–Kier alpha value is -3.59. The number of para-hydroxylation sites is 2. The number of anilines is 1. The minimum atomic E-state index is -0.200. The molecule has 4 heterocycles. The molecule has 5 rings (SSSR count). The lowest BCUT2D eigenvalue weighted by Crippen LogP contribution is -2.33. The first-order chi connectivity index (χ1) is 14.7. The molecule has 0 aliphatic carbocycles. The zero-order valence-electron chi connectivity index (χ0n) is 16.2. The van der Waals surface area contributed by atoms with Gasteiger partial charge in [0.05, 0.1) is 24.1 Å². The highest BCUT2D eigenvalue weighted by molar-refractivity contribution is 7.16. The molecule has 1 amide bonds. The van der Waals surface area contributed by atoms with E-state index in [-0.39, 0.29) is 12.0 Å². The smallest absolute Gasteiger partial charge is 0.267 e. The Bertz CT molecular complexity index is 1180. The Morgan fingerprint density at radius 3 is 2.87 bits per heavy atom. The molecular weight excluding hydrogens is 402 g/mol. The zero-order chi connectivity index (χ0) is 20.5. The third-order valence-corrected chi connectivity index (χ3v) is 5.84. The van der Waals surface area contributed by atoms with Crippen molar-refractivity contribution in [2.45, 2.75) is 19.6 Å². The summed E-state index contributed by atoms with van der Waals surface area (Å²) in [4.78, 5) is 17.8. The fourth-order valence-electron chi connectivity index (χ4n) is 3.24. The van der Waals surface area contributed by atoms with Gasteiger partial charge in [-0.3, -0.25) is 9.48 Å². The molecular formula is C21H19N5O3S. The first-order valence-electron chi connectivity index (χ1n) is 9.49. The van der Waals surface area contributed by atoms with Crippen molar-refractivity contribution in [2.75, 3.05) is 11.9 Å². The van der Waals surface area contributed by atoms with E-state index in [1.807, 2.05) is 60.3 Å². The number of carbonyl (C=O) groups excluding carboxylic acids is 1. The Balaban J connectivity index is 1.24. The van der Waals surface area contributed by atoms with Gasteiger partial charge < -0.3 is 19.4 Å². The largest absolute Gasteiger partial charge is 0.486 e. The molecule has 0 unspecified atom stereocenters. The molecule has 1 atom stereocenters. The molecule has 4 aromatic rings. The van der Waals surface area contributed by atoms with E-state index in [0.29, 0.717) is 29.4 Å². The van der Waals surface area contributed by atoms with E-state index < -0.39 is 0 Å². The molecule has 0 fully saturated rings. The van der Waals surface area contributed by atoms with E-state index in [4.69, 9.17) is 9.47 Å². The number of fused-ring (bicyclic) bond motifs is 1. The molecule has 3 aromatic heterocycles. The summed E-state index contributed by atoms with van der Waals surface area (Å²) in [7, 11) is 0. The van der Waals surface area contributed by atoms with Gasteiger partial charge in [0, 0.05) is 18.6 Å². The van der Waals surface area contributed by atoms with Crippen molar-refractivity contribution in [1.29, 1.82) is 0 Å². The van der Waals surface area contributed by atoms with Crippen molar-refractivity contribution in [2.24, 2.45) is 0 Å². The molecule has 1 aliphatic rings. The quantitative estimate of drug-likeness (QED) is 0.533. The van der Waals surface area contributed by atoms with Gasteiger partial charge in [0.25, 0.3) is 5.91 Å². The Morgan fingerprint density at radius 2 is 2.03 bits per heavy atom. The number of aryl methyl sites for hydroxylation is 1. The Morgan fingerprint density at radius 1 is 1.23 bits per heavy atom. The third kappa shape index (κ3) is 3.67. The maximum atomic E-state index is 12.7. The first kappa shape index (κ1) is 18.4. The topological polar surface area (TPSA) is 83.2 Å². The molecule has 1 aromatic carbocycles. The highest BCUT2D eigenvalue weighted by atomic mass is 32.1. The van der Waals surface area contributed by atoms with Crippen molar-refractivity contribution >= 4 is 22.9 Å². The standard InChI is InChI=1S/C21H19N5O3S/c1-14-19(30-21(23-14)25-8-4-5-9-25)20(27)24-15-10-22-26(11-15)12-16-13-28-17-6-2-3-7-18(17)29-16/h2-11,16H,12-13H2,1H3,(H,24,27)/t16-/m1/s1. The number of thiazole rings is 1. The Kier molecular flexibility index (Phi) is 4.72. The van der Waals surface area contributed by atoms with Gasteiger partial charge in [0.15, 0.2) is 22.7 Å². The predicted octanol–water partition coefficient (Wildman–Crippen LogP) is 3.53. The molecule has 0 radical (unpaired) electrons. The van der Waals surface area contributed by atoms with Crippen LogP contribution in [0.5, 0.6) is 11.5 Å². The number of nitrogens with zero attached hydrogens (tertiary/aromatic N) is 4. The number of hydrogen-bond acceptors (Lipinski definition) is 6. The van der Waals surface area contributed by atoms with Crippen LogP contribution in [0.1, 0.15) is 15.4 Å². The van der Waals surface area contributed by atoms with Gasteiger partial charge in [-0.25, -0.2) is 4.98 Å². The van der Waals surface area contributed by atoms with Crippen LogP contribution < -0.4 is 14.8 Å². The van der Waals surface area contributed by atoms with E-state index >= 15 is 0 Å². The molecule has 0 saturated heterocycles. The van der Waals surface area contributed by atoms with Crippen LogP contribution in [-0.2, 0) is 6.54 Å². The molecule has 0 bridgehead atoms. The van der Waals surface area contributed by atoms with E-state index in [0.717, 1.165) is 16.6 Å². The highest BCUT2D eigenvalue weighted by Gasteiger charge is 2.22. The van der Waals surface area contributed by atoms with Gasteiger partial charge in [0.2, 0.25) is 0 Å². The summed E-state index contributed by atoms with van der Waals surface area (Å²) < 4.78 is 15.3. The van der Waals surface area contributed by atoms with Gasteiger partial charge in [-0.15, -0.1) is 0 Å². The summed E-state index contributed by atoms with van der Waals surface area (Å²) in [5, 5.41) is 7.99. The van der Waals surface area contributed by atoms with Crippen LogP contribution in [0.3, 0.4) is 0 Å². The summed E-state index contributed by atoms with van der Waals surface area (Å²) in [5.41, 5.74) is 1.31. The van der Waals surface area contributed by atoms with Crippen molar-refractivity contribution in [1.82, 2.24) is 19.3 Å². The number of hydrogen-bond donors (Lipinski definition) is 1. The number of amides is 1. The summed E-state index contributed by atoms with van der Waals surface area (Å²) in [5.74, 6) is 1.28. The number of aromatic nitrogens is 4. The molecule has 8 nitrogen and oxygen atoms in total. The minimum Gasteiger partial charge on any atom is -0.486 e.